The molecule has 4 nitrogen and oxygen atoms in total. The first-order valence-corrected chi connectivity index (χ1v) is 10.2. The Bertz CT molecular complexity index is 733. The summed E-state index contributed by atoms with van der Waals surface area (Å²) in [5.41, 5.74) is 3.51. The molecule has 0 unspecified atom stereocenters. The molecule has 152 valence electrons. The van der Waals surface area contributed by atoms with E-state index in [4.69, 9.17) is 9.47 Å². The summed E-state index contributed by atoms with van der Waals surface area (Å²) in [6.07, 6.45) is 2.15. The lowest BCUT2D eigenvalue weighted by Crippen LogP contribution is -2.38. The second-order valence-corrected chi connectivity index (χ2v) is 7.54. The Morgan fingerprint density at radius 2 is 1.61 bits per heavy atom. The molecule has 2 rings (SSSR count). The van der Waals surface area contributed by atoms with Crippen LogP contribution in [0.25, 0.3) is 0 Å². The van der Waals surface area contributed by atoms with E-state index < -0.39 is 6.10 Å². The van der Waals surface area contributed by atoms with Crippen molar-refractivity contribution in [2.24, 2.45) is 0 Å². The van der Waals surface area contributed by atoms with Gasteiger partial charge in [0.05, 0.1) is 6.10 Å². The van der Waals surface area contributed by atoms with E-state index in [0.29, 0.717) is 13.0 Å². The van der Waals surface area contributed by atoms with Gasteiger partial charge in [0, 0.05) is 6.54 Å². The molecule has 0 heterocycles. The molecule has 2 aromatic carbocycles. The largest absolute Gasteiger partial charge is 0.491 e. The summed E-state index contributed by atoms with van der Waals surface area (Å²) in [7, 11) is 0. The molecule has 4 heteroatoms. The molecule has 0 fully saturated rings. The Balaban J connectivity index is 1.77. The van der Waals surface area contributed by atoms with Crippen molar-refractivity contribution in [2.75, 3.05) is 6.54 Å². The van der Waals surface area contributed by atoms with E-state index >= 15 is 0 Å². The fourth-order valence-corrected chi connectivity index (χ4v) is 3.11. The summed E-state index contributed by atoms with van der Waals surface area (Å²) in [6, 6.07) is 14.2. The fraction of sp³-hybridized carbons (Fsp3) is 0.458. The van der Waals surface area contributed by atoms with Gasteiger partial charge in [-0.1, -0.05) is 25.1 Å². The lowest BCUT2D eigenvalue weighted by atomic mass is 10.1. The topological polar surface area (TPSA) is 47.6 Å². The van der Waals surface area contributed by atoms with E-state index in [1.165, 1.54) is 5.56 Å². The number of aryl methyl sites for hydroxylation is 3. The number of amides is 1. The maximum Gasteiger partial charge on any atom is 0.261 e. The van der Waals surface area contributed by atoms with Gasteiger partial charge in [-0.05, 0) is 87.9 Å². The van der Waals surface area contributed by atoms with Gasteiger partial charge < -0.3 is 14.8 Å². The van der Waals surface area contributed by atoms with Gasteiger partial charge in [-0.3, -0.25) is 4.79 Å². The van der Waals surface area contributed by atoms with Crippen molar-refractivity contribution < 1.29 is 14.3 Å². The van der Waals surface area contributed by atoms with Crippen LogP contribution in [0.4, 0.5) is 0 Å². The Morgan fingerprint density at radius 1 is 0.964 bits per heavy atom. The van der Waals surface area contributed by atoms with Crippen LogP contribution in [0.3, 0.4) is 0 Å². The predicted molar refractivity (Wildman–Crippen MR) is 114 cm³/mol. The zero-order valence-electron chi connectivity index (χ0n) is 17.7. The summed E-state index contributed by atoms with van der Waals surface area (Å²) in [6.45, 7) is 10.7. The normalized spacial score (nSPS) is 11.9. The van der Waals surface area contributed by atoms with Gasteiger partial charge in [0.2, 0.25) is 0 Å². The maximum atomic E-state index is 12.5. The van der Waals surface area contributed by atoms with E-state index in [1.807, 2.05) is 58.9 Å². The first kappa shape index (κ1) is 21.8. The fourth-order valence-electron chi connectivity index (χ4n) is 3.11. The highest BCUT2D eigenvalue weighted by Crippen LogP contribution is 2.19. The second-order valence-electron chi connectivity index (χ2n) is 7.54. The van der Waals surface area contributed by atoms with Crippen molar-refractivity contribution in [3.05, 3.63) is 59.2 Å². The zero-order valence-corrected chi connectivity index (χ0v) is 17.7. The molecule has 0 aliphatic rings. The minimum atomic E-state index is -0.464. The minimum absolute atomic E-state index is 0.0534. The third kappa shape index (κ3) is 7.26. The van der Waals surface area contributed by atoms with E-state index in [1.54, 1.807) is 0 Å². The summed E-state index contributed by atoms with van der Waals surface area (Å²) in [5.74, 6) is 1.59. The molecule has 0 radical (unpaired) electrons. The summed E-state index contributed by atoms with van der Waals surface area (Å²) < 4.78 is 11.6. The van der Waals surface area contributed by atoms with Gasteiger partial charge in [-0.2, -0.15) is 0 Å². The van der Waals surface area contributed by atoms with Gasteiger partial charge in [0.1, 0.15) is 11.5 Å². The zero-order chi connectivity index (χ0) is 20.5. The lowest BCUT2D eigenvalue weighted by molar-refractivity contribution is -0.128. The highest BCUT2D eigenvalue weighted by atomic mass is 16.5. The molecular formula is C24H33NO3. The Hall–Kier alpha value is -2.49. The monoisotopic (exact) mass is 383 g/mol. The van der Waals surface area contributed by atoms with Gasteiger partial charge >= 0.3 is 0 Å². The van der Waals surface area contributed by atoms with Crippen molar-refractivity contribution in [1.29, 1.82) is 0 Å². The Morgan fingerprint density at radius 3 is 2.18 bits per heavy atom. The van der Waals surface area contributed by atoms with Crippen LogP contribution in [-0.2, 0) is 11.2 Å². The third-order valence-electron chi connectivity index (χ3n) is 4.37. The number of nitrogens with one attached hydrogen (secondary N) is 1. The van der Waals surface area contributed by atoms with E-state index in [9.17, 15) is 4.79 Å². The number of benzene rings is 2. The highest BCUT2D eigenvalue weighted by molar-refractivity contribution is 5.81. The van der Waals surface area contributed by atoms with Crippen LogP contribution in [0.2, 0.25) is 0 Å². The number of hydrogen-bond donors (Lipinski definition) is 1. The Kier molecular flexibility index (Phi) is 8.37. The average Bonchev–Trinajstić information content (AvgIpc) is 2.63. The van der Waals surface area contributed by atoms with Crippen LogP contribution in [0, 0.1) is 13.8 Å². The smallest absolute Gasteiger partial charge is 0.261 e. The van der Waals surface area contributed by atoms with Crippen molar-refractivity contribution in [2.45, 2.75) is 66.1 Å². The molecule has 2 aromatic rings. The number of ether oxygens (including phenoxy) is 2. The molecule has 28 heavy (non-hydrogen) atoms. The molecule has 0 aliphatic carbocycles. The second kappa shape index (κ2) is 10.7. The highest BCUT2D eigenvalue weighted by Gasteiger charge is 2.18. The van der Waals surface area contributed by atoms with Gasteiger partial charge in [-0.15, -0.1) is 0 Å². The number of rotatable bonds is 10. The first-order chi connectivity index (χ1) is 13.4. The van der Waals surface area contributed by atoms with E-state index in [2.05, 4.69) is 23.5 Å². The molecule has 0 bridgehead atoms. The van der Waals surface area contributed by atoms with Gasteiger partial charge in [0.25, 0.3) is 5.91 Å². The van der Waals surface area contributed by atoms with Crippen molar-refractivity contribution >= 4 is 5.91 Å². The van der Waals surface area contributed by atoms with Crippen LogP contribution in [0.5, 0.6) is 11.5 Å². The van der Waals surface area contributed by atoms with Crippen LogP contribution in [0.1, 0.15) is 50.3 Å². The molecule has 0 aliphatic heterocycles. The molecule has 0 aromatic heterocycles. The number of carbonyl (C=O) groups excluding carboxylic acids is 1. The average molecular weight is 384 g/mol. The summed E-state index contributed by atoms with van der Waals surface area (Å²) in [5, 5.41) is 3.00. The van der Waals surface area contributed by atoms with E-state index in [-0.39, 0.29) is 12.0 Å². The van der Waals surface area contributed by atoms with Crippen molar-refractivity contribution in [1.82, 2.24) is 5.32 Å². The maximum absolute atomic E-state index is 12.5. The molecule has 1 atom stereocenters. The standard InChI is InChI=1S/C24H33NO3/c1-6-23(28-22-15-18(4)14-19(5)16-22)24(26)25-13-7-8-20-9-11-21(12-10-20)27-17(2)3/h9-12,14-17,23H,6-8,13H2,1-5H3,(H,25,26)/t23-/m1/s1. The third-order valence-corrected chi connectivity index (χ3v) is 4.37. The minimum Gasteiger partial charge on any atom is -0.491 e. The lowest BCUT2D eigenvalue weighted by Gasteiger charge is -2.18. The van der Waals surface area contributed by atoms with Gasteiger partial charge in [0.15, 0.2) is 6.10 Å². The number of carbonyl (C=O) groups is 1. The van der Waals surface area contributed by atoms with Gasteiger partial charge in [-0.25, -0.2) is 0 Å². The molecule has 1 N–H and O–H groups in total. The quantitative estimate of drug-likeness (QED) is 0.588. The molecule has 0 saturated heterocycles. The molecule has 0 saturated carbocycles. The summed E-state index contributed by atoms with van der Waals surface area (Å²) >= 11 is 0. The predicted octanol–water partition coefficient (Wildman–Crippen LogP) is 5.00. The van der Waals surface area contributed by atoms with Crippen LogP contribution < -0.4 is 14.8 Å². The first-order valence-electron chi connectivity index (χ1n) is 10.2. The SMILES string of the molecule is CC[C@@H](Oc1cc(C)cc(C)c1)C(=O)NCCCc1ccc(OC(C)C)cc1. The van der Waals surface area contributed by atoms with Crippen LogP contribution in [-0.4, -0.2) is 24.7 Å². The molecule has 0 spiro atoms. The molecular weight excluding hydrogens is 350 g/mol. The van der Waals surface area contributed by atoms with Crippen LogP contribution >= 0.6 is 0 Å². The van der Waals surface area contributed by atoms with Crippen LogP contribution in [0.15, 0.2) is 42.5 Å². The van der Waals surface area contributed by atoms with Crippen molar-refractivity contribution in [3.8, 4) is 11.5 Å². The van der Waals surface area contributed by atoms with Crippen molar-refractivity contribution in [3.63, 3.8) is 0 Å². The molecule has 1 amide bonds. The Labute approximate surface area is 169 Å². The van der Waals surface area contributed by atoms with E-state index in [0.717, 1.165) is 35.5 Å². The number of hydrogen-bond acceptors (Lipinski definition) is 3. The summed E-state index contributed by atoms with van der Waals surface area (Å²) in [4.78, 5) is 12.5.